The minimum absolute atomic E-state index is 0.122. The molecule has 120 valence electrons. The molecule has 0 bridgehead atoms. The molecule has 3 rings (SSSR count). The maximum Gasteiger partial charge on any atom is 0.339 e. The Hall–Kier alpha value is -3.18. The van der Waals surface area contributed by atoms with Gasteiger partial charge in [0.05, 0.1) is 31.2 Å². The van der Waals surface area contributed by atoms with Crippen LogP contribution in [-0.2, 0) is 11.3 Å². The Kier molecular flexibility index (Phi) is 4.26. The van der Waals surface area contributed by atoms with Crippen LogP contribution < -0.4 is 5.56 Å². The Bertz CT molecular complexity index is 980. The highest BCUT2D eigenvalue weighted by Crippen LogP contribution is 2.24. The van der Waals surface area contributed by atoms with Crippen LogP contribution in [0, 0.1) is 11.3 Å². The lowest BCUT2D eigenvalue weighted by molar-refractivity contribution is 0.0599. The van der Waals surface area contributed by atoms with Crippen molar-refractivity contribution in [3.63, 3.8) is 0 Å². The highest BCUT2D eigenvalue weighted by Gasteiger charge is 2.14. The van der Waals surface area contributed by atoms with E-state index < -0.39 is 11.5 Å². The first kappa shape index (κ1) is 15.7. The first-order valence-corrected chi connectivity index (χ1v) is 7.70. The van der Waals surface area contributed by atoms with Gasteiger partial charge in [0.2, 0.25) is 0 Å². The van der Waals surface area contributed by atoms with Crippen molar-refractivity contribution in [2.75, 3.05) is 7.11 Å². The Morgan fingerprint density at radius 3 is 3.04 bits per heavy atom. The second-order valence-electron chi connectivity index (χ2n) is 4.83. The summed E-state index contributed by atoms with van der Waals surface area (Å²) in [6, 6.07) is 4.81. The summed E-state index contributed by atoms with van der Waals surface area (Å²) in [5.74, 6) is -0.613. The topological polar surface area (TPSA) is 98.1 Å². The van der Waals surface area contributed by atoms with E-state index >= 15 is 0 Å². The molecule has 3 heterocycles. The molecular weight excluding hydrogens is 330 g/mol. The van der Waals surface area contributed by atoms with E-state index in [-0.39, 0.29) is 17.7 Å². The molecule has 0 amide bonds. The smallest absolute Gasteiger partial charge is 0.339 e. The van der Waals surface area contributed by atoms with Crippen LogP contribution in [-0.4, -0.2) is 22.6 Å². The van der Waals surface area contributed by atoms with E-state index in [4.69, 9.17) is 9.68 Å². The zero-order valence-electron chi connectivity index (χ0n) is 12.6. The van der Waals surface area contributed by atoms with Crippen molar-refractivity contribution in [3.8, 4) is 16.6 Å². The van der Waals surface area contributed by atoms with Gasteiger partial charge in [0, 0.05) is 17.1 Å². The molecule has 0 saturated heterocycles. The van der Waals surface area contributed by atoms with Gasteiger partial charge in [-0.05, 0) is 12.1 Å². The highest BCUT2D eigenvalue weighted by atomic mass is 32.1. The van der Waals surface area contributed by atoms with E-state index in [9.17, 15) is 9.59 Å². The van der Waals surface area contributed by atoms with Crippen LogP contribution in [0.15, 0.2) is 45.4 Å². The Morgan fingerprint density at radius 2 is 2.38 bits per heavy atom. The number of carbonyl (C=O) groups excluding carboxylic acids is 1. The van der Waals surface area contributed by atoms with Gasteiger partial charge in [-0.2, -0.15) is 5.26 Å². The van der Waals surface area contributed by atoms with Gasteiger partial charge < -0.3 is 13.7 Å². The SMILES string of the molecule is COC(=O)c1cc(C#N)c(=O)n(Cc2csc(-c3ccoc3)n2)c1. The second-order valence-corrected chi connectivity index (χ2v) is 5.69. The number of furan rings is 1. The number of rotatable bonds is 4. The predicted molar refractivity (Wildman–Crippen MR) is 85.7 cm³/mol. The van der Waals surface area contributed by atoms with Gasteiger partial charge in [-0.25, -0.2) is 9.78 Å². The molecule has 0 saturated carbocycles. The summed E-state index contributed by atoms with van der Waals surface area (Å²) in [7, 11) is 1.24. The van der Waals surface area contributed by atoms with Crippen molar-refractivity contribution < 1.29 is 13.9 Å². The summed E-state index contributed by atoms with van der Waals surface area (Å²) >= 11 is 1.41. The number of thiazole rings is 1. The van der Waals surface area contributed by atoms with E-state index in [1.807, 2.05) is 5.38 Å². The standard InChI is InChI=1S/C16H11N3O4S/c1-22-16(21)12-4-11(5-17)15(20)19(6-12)7-13-9-24-14(18-13)10-2-3-23-8-10/h2-4,6,8-9H,7H2,1H3. The average molecular weight is 341 g/mol. The first-order valence-electron chi connectivity index (χ1n) is 6.82. The Morgan fingerprint density at radius 1 is 1.54 bits per heavy atom. The number of hydrogen-bond donors (Lipinski definition) is 0. The molecule has 3 aromatic heterocycles. The summed E-state index contributed by atoms with van der Waals surface area (Å²) in [6.45, 7) is 0.146. The van der Waals surface area contributed by atoms with Gasteiger partial charge in [0.25, 0.3) is 5.56 Å². The third-order valence-corrected chi connectivity index (χ3v) is 4.22. The van der Waals surface area contributed by atoms with Crippen molar-refractivity contribution in [2.24, 2.45) is 0 Å². The molecule has 7 nitrogen and oxygen atoms in total. The molecule has 0 radical (unpaired) electrons. The lowest BCUT2D eigenvalue weighted by Gasteiger charge is -2.07. The maximum atomic E-state index is 12.3. The number of nitrogens with zero attached hydrogens (tertiary/aromatic N) is 3. The molecule has 0 aromatic carbocycles. The van der Waals surface area contributed by atoms with E-state index in [1.165, 1.54) is 35.3 Å². The van der Waals surface area contributed by atoms with Crippen molar-refractivity contribution in [1.29, 1.82) is 5.26 Å². The average Bonchev–Trinajstić information content (AvgIpc) is 3.27. The Labute approximate surface area is 140 Å². The van der Waals surface area contributed by atoms with Gasteiger partial charge in [0.1, 0.15) is 22.9 Å². The summed E-state index contributed by atoms with van der Waals surface area (Å²) in [4.78, 5) is 28.4. The summed E-state index contributed by atoms with van der Waals surface area (Å²) in [5.41, 5.74) is 1.02. The number of ether oxygens (including phenoxy) is 1. The van der Waals surface area contributed by atoms with E-state index in [1.54, 1.807) is 24.7 Å². The number of pyridine rings is 1. The summed E-state index contributed by atoms with van der Waals surface area (Å²) in [6.07, 6.45) is 4.51. The summed E-state index contributed by atoms with van der Waals surface area (Å²) < 4.78 is 10.9. The molecule has 0 N–H and O–H groups in total. The third kappa shape index (κ3) is 2.98. The van der Waals surface area contributed by atoms with Crippen molar-refractivity contribution in [3.05, 3.63) is 63.4 Å². The molecule has 0 unspecified atom stereocenters. The third-order valence-electron chi connectivity index (χ3n) is 3.28. The van der Waals surface area contributed by atoms with Crippen molar-refractivity contribution in [1.82, 2.24) is 9.55 Å². The van der Waals surface area contributed by atoms with Crippen molar-refractivity contribution >= 4 is 17.3 Å². The molecule has 8 heteroatoms. The molecule has 0 spiro atoms. The first-order chi connectivity index (χ1) is 11.6. The van der Waals surface area contributed by atoms with E-state index in [2.05, 4.69) is 9.72 Å². The van der Waals surface area contributed by atoms with Crippen LogP contribution >= 0.6 is 11.3 Å². The predicted octanol–water partition coefficient (Wildman–Crippen LogP) is 2.27. The molecular formula is C16H11N3O4S. The quantitative estimate of drug-likeness (QED) is 0.675. The molecule has 24 heavy (non-hydrogen) atoms. The number of aromatic nitrogens is 2. The van der Waals surface area contributed by atoms with Crippen LogP contribution in [0.1, 0.15) is 21.6 Å². The molecule has 0 atom stereocenters. The van der Waals surface area contributed by atoms with Crippen LogP contribution in [0.25, 0.3) is 10.6 Å². The van der Waals surface area contributed by atoms with Crippen LogP contribution in [0.3, 0.4) is 0 Å². The van der Waals surface area contributed by atoms with Gasteiger partial charge in [-0.1, -0.05) is 0 Å². The molecule has 0 aliphatic carbocycles. The van der Waals surface area contributed by atoms with Crippen LogP contribution in [0.2, 0.25) is 0 Å². The minimum atomic E-state index is -0.613. The molecule has 3 aromatic rings. The Balaban J connectivity index is 1.96. The zero-order valence-corrected chi connectivity index (χ0v) is 13.4. The van der Waals surface area contributed by atoms with E-state index in [0.29, 0.717) is 5.69 Å². The normalized spacial score (nSPS) is 10.3. The van der Waals surface area contributed by atoms with Crippen LogP contribution in [0.5, 0.6) is 0 Å². The largest absolute Gasteiger partial charge is 0.472 e. The number of hydrogen-bond acceptors (Lipinski definition) is 7. The lowest BCUT2D eigenvalue weighted by atomic mass is 10.2. The molecule has 0 fully saturated rings. The second kappa shape index (κ2) is 6.52. The van der Waals surface area contributed by atoms with Gasteiger partial charge in [-0.3, -0.25) is 4.79 Å². The monoisotopic (exact) mass is 341 g/mol. The molecule has 0 aliphatic rings. The molecule has 0 aliphatic heterocycles. The van der Waals surface area contributed by atoms with E-state index in [0.717, 1.165) is 10.6 Å². The lowest BCUT2D eigenvalue weighted by Crippen LogP contribution is -2.24. The zero-order chi connectivity index (χ0) is 17.1. The number of carbonyl (C=O) groups is 1. The maximum absolute atomic E-state index is 12.3. The van der Waals surface area contributed by atoms with Gasteiger partial charge in [-0.15, -0.1) is 11.3 Å². The number of methoxy groups -OCH3 is 1. The van der Waals surface area contributed by atoms with Gasteiger partial charge in [0.15, 0.2) is 0 Å². The fourth-order valence-electron chi connectivity index (χ4n) is 2.14. The number of nitriles is 1. The highest BCUT2D eigenvalue weighted by molar-refractivity contribution is 7.13. The fourth-order valence-corrected chi connectivity index (χ4v) is 2.93. The van der Waals surface area contributed by atoms with Gasteiger partial charge >= 0.3 is 5.97 Å². The summed E-state index contributed by atoms with van der Waals surface area (Å²) in [5, 5.41) is 11.6. The fraction of sp³-hybridized carbons (Fsp3) is 0.125. The van der Waals surface area contributed by atoms with Crippen molar-refractivity contribution in [2.45, 2.75) is 6.54 Å². The minimum Gasteiger partial charge on any atom is -0.472 e. The van der Waals surface area contributed by atoms with Crippen LogP contribution in [0.4, 0.5) is 0 Å². The number of esters is 1.